The van der Waals surface area contributed by atoms with E-state index in [1.54, 1.807) is 18.6 Å². The number of pyridine rings is 1. The van der Waals surface area contributed by atoms with Gasteiger partial charge in [0.05, 0.1) is 6.34 Å². The van der Waals surface area contributed by atoms with Crippen LogP contribution in [-0.4, -0.2) is 11.3 Å². The number of hydrogen-bond acceptors (Lipinski definition) is 3. The zero-order valence-electron chi connectivity index (χ0n) is 7.72. The maximum Gasteiger partial charge on any atom is 0.0853 e. The van der Waals surface area contributed by atoms with E-state index in [0.29, 0.717) is 5.70 Å². The summed E-state index contributed by atoms with van der Waals surface area (Å²) in [5.41, 5.74) is 12.9. The second-order valence-corrected chi connectivity index (χ2v) is 2.60. The highest BCUT2D eigenvalue weighted by molar-refractivity contribution is 5.77. The van der Waals surface area contributed by atoms with Gasteiger partial charge in [0.2, 0.25) is 0 Å². The molecule has 1 heterocycles. The Morgan fingerprint density at radius 1 is 1.43 bits per heavy atom. The fourth-order valence-corrected chi connectivity index (χ4v) is 0.992. The van der Waals surface area contributed by atoms with E-state index in [2.05, 4.69) is 16.6 Å². The molecule has 0 spiro atoms. The van der Waals surface area contributed by atoms with E-state index in [4.69, 9.17) is 11.5 Å². The third-order valence-electron chi connectivity index (χ3n) is 1.63. The predicted octanol–water partition coefficient (Wildman–Crippen LogP) is 0.882. The average Bonchev–Trinajstić information content (AvgIpc) is 2.19. The molecule has 0 aliphatic carbocycles. The quantitative estimate of drug-likeness (QED) is 0.420. The van der Waals surface area contributed by atoms with Crippen LogP contribution < -0.4 is 11.5 Å². The van der Waals surface area contributed by atoms with Crippen LogP contribution in [0.2, 0.25) is 0 Å². The molecule has 14 heavy (non-hydrogen) atoms. The lowest BCUT2D eigenvalue weighted by atomic mass is 10.1. The summed E-state index contributed by atoms with van der Waals surface area (Å²) < 4.78 is 0. The van der Waals surface area contributed by atoms with Gasteiger partial charge in [-0.1, -0.05) is 6.58 Å². The summed E-state index contributed by atoms with van der Waals surface area (Å²) in [6, 6.07) is 3.66. The lowest BCUT2D eigenvalue weighted by Crippen LogP contribution is -1.99. The van der Waals surface area contributed by atoms with Crippen LogP contribution >= 0.6 is 0 Å². The van der Waals surface area contributed by atoms with E-state index < -0.39 is 0 Å². The summed E-state index contributed by atoms with van der Waals surface area (Å²) in [7, 11) is 0. The number of hydrogen-bond donors (Lipinski definition) is 2. The minimum Gasteiger partial charge on any atom is -0.399 e. The molecule has 1 aromatic heterocycles. The van der Waals surface area contributed by atoms with Crippen molar-refractivity contribution in [3.05, 3.63) is 48.6 Å². The Balaban J connectivity index is 3.07. The van der Waals surface area contributed by atoms with Crippen LogP contribution in [0.4, 0.5) is 0 Å². The summed E-state index contributed by atoms with van der Waals surface area (Å²) in [5.74, 6) is 0. The van der Waals surface area contributed by atoms with E-state index in [-0.39, 0.29) is 0 Å². The molecule has 1 rings (SSSR count). The van der Waals surface area contributed by atoms with Gasteiger partial charge in [-0.05, 0) is 17.7 Å². The van der Waals surface area contributed by atoms with Gasteiger partial charge in [-0.15, -0.1) is 0 Å². The standard InChI is InChI=1S/C10H12N4/c1-8(12)10(6-14-7-11)9-2-4-13-5-3-9/h2-7H,1,12H2,(H2,11,14)/b10-6+. The number of nitrogens with two attached hydrogens (primary N) is 2. The number of aromatic nitrogens is 1. The van der Waals surface area contributed by atoms with Crippen LogP contribution in [0, 0.1) is 0 Å². The highest BCUT2D eigenvalue weighted by Crippen LogP contribution is 2.17. The molecule has 0 amide bonds. The first-order valence-electron chi connectivity index (χ1n) is 4.04. The fraction of sp³-hybridized carbons (Fsp3) is 0. The topological polar surface area (TPSA) is 77.3 Å². The SMILES string of the molecule is C=C(N)/C(=C\N=C/N)c1ccncc1. The molecule has 0 radical (unpaired) electrons. The van der Waals surface area contributed by atoms with Crippen LogP contribution in [0.15, 0.2) is 48.0 Å². The Morgan fingerprint density at radius 3 is 2.57 bits per heavy atom. The van der Waals surface area contributed by atoms with Crippen molar-refractivity contribution in [3.8, 4) is 0 Å². The summed E-state index contributed by atoms with van der Waals surface area (Å²) in [4.78, 5) is 7.71. The van der Waals surface area contributed by atoms with Crippen LogP contribution in [0.1, 0.15) is 5.56 Å². The zero-order valence-corrected chi connectivity index (χ0v) is 7.72. The molecule has 0 saturated heterocycles. The summed E-state index contributed by atoms with van der Waals surface area (Å²) in [6.45, 7) is 3.66. The Labute approximate surface area is 82.7 Å². The molecule has 72 valence electrons. The molecule has 0 bridgehead atoms. The van der Waals surface area contributed by atoms with Gasteiger partial charge >= 0.3 is 0 Å². The van der Waals surface area contributed by atoms with Crippen molar-refractivity contribution in [1.29, 1.82) is 0 Å². The maximum atomic E-state index is 5.61. The molecule has 0 aliphatic heterocycles. The molecular formula is C10H12N4. The molecule has 1 aromatic rings. The molecular weight excluding hydrogens is 176 g/mol. The van der Waals surface area contributed by atoms with E-state index >= 15 is 0 Å². The van der Waals surface area contributed by atoms with E-state index in [1.807, 2.05) is 12.1 Å². The highest BCUT2D eigenvalue weighted by Gasteiger charge is 2.01. The largest absolute Gasteiger partial charge is 0.399 e. The number of nitrogens with zero attached hydrogens (tertiary/aromatic N) is 2. The molecule has 4 nitrogen and oxygen atoms in total. The summed E-state index contributed by atoms with van der Waals surface area (Å²) >= 11 is 0. The van der Waals surface area contributed by atoms with E-state index in [0.717, 1.165) is 11.1 Å². The number of allylic oxidation sites excluding steroid dienone is 1. The zero-order chi connectivity index (χ0) is 10.4. The number of rotatable bonds is 3. The Hall–Kier alpha value is -2.10. The lowest BCUT2D eigenvalue weighted by molar-refractivity contribution is 1.30. The fourth-order valence-electron chi connectivity index (χ4n) is 0.992. The van der Waals surface area contributed by atoms with Crippen molar-refractivity contribution in [2.24, 2.45) is 16.5 Å². The van der Waals surface area contributed by atoms with Crippen molar-refractivity contribution in [2.45, 2.75) is 0 Å². The maximum absolute atomic E-state index is 5.61. The van der Waals surface area contributed by atoms with Gasteiger partial charge in [0.15, 0.2) is 0 Å². The normalized spacial score (nSPS) is 11.9. The summed E-state index contributed by atoms with van der Waals surface area (Å²) in [6.07, 6.45) is 6.12. The third-order valence-corrected chi connectivity index (χ3v) is 1.63. The molecule has 4 heteroatoms. The van der Waals surface area contributed by atoms with Crippen molar-refractivity contribution >= 4 is 11.9 Å². The van der Waals surface area contributed by atoms with Gasteiger partial charge in [0, 0.05) is 29.9 Å². The van der Waals surface area contributed by atoms with Gasteiger partial charge in [0.25, 0.3) is 0 Å². The Morgan fingerprint density at radius 2 is 2.07 bits per heavy atom. The Bertz CT molecular complexity index is 365. The smallest absolute Gasteiger partial charge is 0.0853 e. The summed E-state index contributed by atoms with van der Waals surface area (Å²) in [5, 5.41) is 0. The van der Waals surface area contributed by atoms with Gasteiger partial charge in [0.1, 0.15) is 0 Å². The first kappa shape index (κ1) is 9.98. The minimum absolute atomic E-state index is 0.446. The molecule has 4 N–H and O–H groups in total. The van der Waals surface area contributed by atoms with Gasteiger partial charge < -0.3 is 11.5 Å². The van der Waals surface area contributed by atoms with Crippen molar-refractivity contribution in [2.75, 3.05) is 0 Å². The first-order valence-corrected chi connectivity index (χ1v) is 4.04. The molecule has 0 aliphatic rings. The van der Waals surface area contributed by atoms with Crippen LogP contribution in [0.25, 0.3) is 5.57 Å². The molecule has 0 atom stereocenters. The minimum atomic E-state index is 0.446. The molecule has 0 unspecified atom stereocenters. The van der Waals surface area contributed by atoms with Crippen LogP contribution in [0.3, 0.4) is 0 Å². The lowest BCUT2D eigenvalue weighted by Gasteiger charge is -2.04. The molecule has 0 fully saturated rings. The Kier molecular flexibility index (Phi) is 3.43. The first-order chi connectivity index (χ1) is 6.75. The third kappa shape index (κ3) is 2.45. The second-order valence-electron chi connectivity index (χ2n) is 2.60. The van der Waals surface area contributed by atoms with Crippen molar-refractivity contribution in [3.63, 3.8) is 0 Å². The van der Waals surface area contributed by atoms with Gasteiger partial charge in [-0.2, -0.15) is 0 Å². The highest BCUT2D eigenvalue weighted by atomic mass is 14.8. The molecule has 0 saturated carbocycles. The van der Waals surface area contributed by atoms with Crippen LogP contribution in [-0.2, 0) is 0 Å². The average molecular weight is 188 g/mol. The molecule has 0 aromatic carbocycles. The monoisotopic (exact) mass is 188 g/mol. The van der Waals surface area contributed by atoms with Gasteiger partial charge in [-0.3, -0.25) is 4.98 Å². The second kappa shape index (κ2) is 4.81. The van der Waals surface area contributed by atoms with Crippen molar-refractivity contribution < 1.29 is 0 Å². The van der Waals surface area contributed by atoms with Gasteiger partial charge in [-0.25, -0.2) is 4.99 Å². The van der Waals surface area contributed by atoms with Crippen LogP contribution in [0.5, 0.6) is 0 Å². The van der Waals surface area contributed by atoms with Crippen molar-refractivity contribution in [1.82, 2.24) is 4.98 Å². The van der Waals surface area contributed by atoms with E-state index in [9.17, 15) is 0 Å². The number of aliphatic imine (C=N–C) groups is 1. The van der Waals surface area contributed by atoms with E-state index in [1.165, 1.54) is 6.34 Å². The predicted molar refractivity (Wildman–Crippen MR) is 58.2 cm³/mol.